The number of nitrogens with two attached hydrogens (primary N) is 1. The van der Waals surface area contributed by atoms with Crippen LogP contribution in [0.2, 0.25) is 0 Å². The molecule has 2 amide bonds. The number of amides is 2. The molecular weight excluding hydrogens is 441 g/mol. The molecule has 4 N–H and O–H groups in total. The van der Waals surface area contributed by atoms with Gasteiger partial charge in [-0.25, -0.2) is 4.39 Å². The summed E-state index contributed by atoms with van der Waals surface area (Å²) < 4.78 is 24.3. The number of benzene rings is 3. The topological polar surface area (TPSA) is 116 Å². The van der Waals surface area contributed by atoms with Crippen molar-refractivity contribution >= 4 is 17.5 Å². The molecule has 0 heterocycles. The van der Waals surface area contributed by atoms with E-state index in [-0.39, 0.29) is 32.0 Å². The van der Waals surface area contributed by atoms with Gasteiger partial charge in [-0.1, -0.05) is 30.3 Å². The van der Waals surface area contributed by atoms with Gasteiger partial charge in [-0.3, -0.25) is 9.59 Å². The number of ether oxygens (including phenoxy) is 2. The number of anilines is 1. The molecule has 0 radical (unpaired) electrons. The molecule has 3 rings (SSSR count). The second kappa shape index (κ2) is 13.0. The Morgan fingerprint density at radius 1 is 0.941 bits per heavy atom. The van der Waals surface area contributed by atoms with Crippen molar-refractivity contribution in [3.05, 3.63) is 95.5 Å². The Balaban J connectivity index is 1.58. The van der Waals surface area contributed by atoms with Gasteiger partial charge in [0.1, 0.15) is 23.4 Å². The molecule has 0 aromatic heterocycles. The van der Waals surface area contributed by atoms with Gasteiger partial charge in [0.05, 0.1) is 26.2 Å². The van der Waals surface area contributed by atoms with Crippen molar-refractivity contribution in [1.29, 1.82) is 0 Å². The molecule has 0 aliphatic carbocycles. The molecule has 0 fully saturated rings. The Morgan fingerprint density at radius 2 is 1.59 bits per heavy atom. The summed E-state index contributed by atoms with van der Waals surface area (Å²) in [6, 6.07) is 20.7. The quantitative estimate of drug-likeness (QED) is 0.354. The number of quaternary nitrogens is 1. The second-order valence-corrected chi connectivity index (χ2v) is 7.40. The summed E-state index contributed by atoms with van der Waals surface area (Å²) in [5.74, 6) is -0.245. The number of hydroxylamine groups is 1. The summed E-state index contributed by atoms with van der Waals surface area (Å²) >= 11 is 0. The lowest BCUT2D eigenvalue weighted by Crippen LogP contribution is -2.77. The first-order valence-electron chi connectivity index (χ1n) is 10.7. The minimum absolute atomic E-state index is 0.0125. The average Bonchev–Trinajstić information content (AvgIpc) is 2.85. The van der Waals surface area contributed by atoms with Crippen LogP contribution in [0.25, 0.3) is 0 Å². The molecule has 0 bridgehead atoms. The van der Waals surface area contributed by atoms with Crippen LogP contribution in [0, 0.1) is 11.0 Å². The predicted molar refractivity (Wildman–Crippen MR) is 124 cm³/mol. The molecule has 34 heavy (non-hydrogen) atoms. The highest BCUT2D eigenvalue weighted by atomic mass is 19.1. The van der Waals surface area contributed by atoms with Crippen LogP contribution < -0.4 is 20.9 Å². The van der Waals surface area contributed by atoms with Gasteiger partial charge in [-0.15, -0.1) is 0 Å². The van der Waals surface area contributed by atoms with Crippen LogP contribution in [-0.4, -0.2) is 31.0 Å². The molecule has 3 aromatic rings. The first-order valence-corrected chi connectivity index (χ1v) is 10.7. The standard InChI is InChI=1S/C25H26FN3O5/c26-19-6-10-21(11-7-19)34-22-12-8-20(9-13-22)28-25(31)23(29-24(30)14-15-27-32)17-33-16-18-4-2-1-3-5-18/h1-13,23H,14-17,27H2,(H,28,31)(H,29,30)/t23-/m0/s1. The summed E-state index contributed by atoms with van der Waals surface area (Å²) in [6.45, 7) is 0.310. The van der Waals surface area contributed by atoms with E-state index in [1.165, 1.54) is 24.3 Å². The van der Waals surface area contributed by atoms with Crippen molar-refractivity contribution in [1.82, 2.24) is 5.32 Å². The Hall–Kier alpha value is -3.79. The van der Waals surface area contributed by atoms with Crippen molar-refractivity contribution < 1.29 is 28.9 Å². The molecule has 0 aliphatic heterocycles. The minimum atomic E-state index is -0.946. The van der Waals surface area contributed by atoms with Crippen LogP contribution in [0.15, 0.2) is 78.9 Å². The molecule has 0 saturated heterocycles. The van der Waals surface area contributed by atoms with E-state index in [1.807, 2.05) is 30.3 Å². The van der Waals surface area contributed by atoms with Gasteiger partial charge >= 0.3 is 0 Å². The molecule has 178 valence electrons. The van der Waals surface area contributed by atoms with Gasteiger partial charge in [0.25, 0.3) is 0 Å². The van der Waals surface area contributed by atoms with Crippen molar-refractivity contribution in [3.8, 4) is 11.5 Å². The fourth-order valence-electron chi connectivity index (χ4n) is 2.98. The van der Waals surface area contributed by atoms with Gasteiger partial charge < -0.3 is 30.8 Å². The molecule has 0 aliphatic rings. The first-order chi connectivity index (χ1) is 16.5. The molecular formula is C25H26FN3O5. The summed E-state index contributed by atoms with van der Waals surface area (Å²) in [7, 11) is 0. The molecule has 9 heteroatoms. The van der Waals surface area contributed by atoms with E-state index in [9.17, 15) is 19.2 Å². The summed E-state index contributed by atoms with van der Waals surface area (Å²) in [5, 5.41) is 15.9. The van der Waals surface area contributed by atoms with Gasteiger partial charge in [0, 0.05) is 5.69 Å². The third-order valence-electron chi connectivity index (χ3n) is 4.71. The van der Waals surface area contributed by atoms with Gasteiger partial charge in [0.15, 0.2) is 0 Å². The number of hydrogen-bond donors (Lipinski definition) is 3. The lowest BCUT2D eigenvalue weighted by Gasteiger charge is -2.19. The molecule has 0 spiro atoms. The summed E-state index contributed by atoms with van der Waals surface area (Å²) in [4.78, 5) is 24.9. The Kier molecular flexibility index (Phi) is 9.53. The average molecular weight is 467 g/mol. The van der Waals surface area contributed by atoms with Crippen molar-refractivity contribution in [2.45, 2.75) is 19.1 Å². The Morgan fingerprint density at radius 3 is 2.24 bits per heavy atom. The molecule has 3 aromatic carbocycles. The van der Waals surface area contributed by atoms with Crippen molar-refractivity contribution in [2.75, 3.05) is 18.5 Å². The Labute approximate surface area is 196 Å². The van der Waals surface area contributed by atoms with Crippen LogP contribution in [-0.2, 0) is 20.9 Å². The highest BCUT2D eigenvalue weighted by Crippen LogP contribution is 2.23. The third kappa shape index (κ3) is 8.28. The zero-order chi connectivity index (χ0) is 24.2. The second-order valence-electron chi connectivity index (χ2n) is 7.40. The maximum atomic E-state index is 13.0. The molecule has 8 nitrogen and oxygen atoms in total. The SMILES string of the molecule is O=C(CC[NH2+][O-])N[C@@H](COCc1ccccc1)C(=O)Nc1ccc(Oc2ccc(F)cc2)cc1. The van der Waals surface area contributed by atoms with E-state index in [0.29, 0.717) is 22.7 Å². The largest absolute Gasteiger partial charge is 0.636 e. The van der Waals surface area contributed by atoms with Crippen LogP contribution in [0.3, 0.4) is 0 Å². The smallest absolute Gasteiger partial charge is 0.249 e. The predicted octanol–water partition coefficient (Wildman–Crippen LogP) is 2.71. The Bertz CT molecular complexity index is 1050. The molecule has 0 unspecified atom stereocenters. The van der Waals surface area contributed by atoms with E-state index >= 15 is 0 Å². The van der Waals surface area contributed by atoms with Gasteiger partial charge in [0.2, 0.25) is 11.8 Å². The summed E-state index contributed by atoms with van der Waals surface area (Å²) in [5.41, 5.74) is 2.08. The van der Waals surface area contributed by atoms with Gasteiger partial charge in [-0.05, 0) is 54.1 Å². The monoisotopic (exact) mass is 467 g/mol. The number of halogens is 1. The normalized spacial score (nSPS) is 11.5. The van der Waals surface area contributed by atoms with Crippen LogP contribution >= 0.6 is 0 Å². The highest BCUT2D eigenvalue weighted by molar-refractivity contribution is 5.97. The van der Waals surface area contributed by atoms with E-state index in [0.717, 1.165) is 5.56 Å². The maximum Gasteiger partial charge on any atom is 0.249 e. The molecule has 0 saturated carbocycles. The van der Waals surface area contributed by atoms with Crippen LogP contribution in [0.1, 0.15) is 12.0 Å². The number of carbonyl (C=O) groups is 2. The minimum Gasteiger partial charge on any atom is -0.636 e. The third-order valence-corrected chi connectivity index (χ3v) is 4.71. The van der Waals surface area contributed by atoms with Crippen LogP contribution in [0.5, 0.6) is 11.5 Å². The van der Waals surface area contributed by atoms with E-state index in [4.69, 9.17) is 9.47 Å². The first kappa shape index (κ1) is 24.8. The van der Waals surface area contributed by atoms with Crippen molar-refractivity contribution in [2.24, 2.45) is 0 Å². The highest BCUT2D eigenvalue weighted by Gasteiger charge is 2.21. The molecule has 1 atom stereocenters. The number of nitrogens with one attached hydrogen (secondary N) is 2. The lowest BCUT2D eigenvalue weighted by atomic mass is 10.2. The zero-order valence-corrected chi connectivity index (χ0v) is 18.4. The fourth-order valence-corrected chi connectivity index (χ4v) is 2.98. The summed E-state index contributed by atoms with van der Waals surface area (Å²) in [6.07, 6.45) is -0.0125. The maximum absolute atomic E-state index is 13.0. The lowest BCUT2D eigenvalue weighted by molar-refractivity contribution is -0.587. The van der Waals surface area contributed by atoms with Gasteiger partial charge in [-0.2, -0.15) is 0 Å². The number of carbonyl (C=O) groups excluding carboxylic acids is 2. The van der Waals surface area contributed by atoms with E-state index in [1.54, 1.807) is 24.3 Å². The fraction of sp³-hybridized carbons (Fsp3) is 0.200. The zero-order valence-electron chi connectivity index (χ0n) is 18.4. The van der Waals surface area contributed by atoms with E-state index in [2.05, 4.69) is 10.6 Å². The van der Waals surface area contributed by atoms with Crippen LogP contribution in [0.4, 0.5) is 10.1 Å². The van der Waals surface area contributed by atoms with Crippen molar-refractivity contribution in [3.63, 3.8) is 0 Å². The number of rotatable bonds is 12. The van der Waals surface area contributed by atoms with E-state index < -0.39 is 17.9 Å². The number of hydrogen-bond acceptors (Lipinski definition) is 5.